The monoisotopic (exact) mass is 617 g/mol. The third kappa shape index (κ3) is 8.31. The first-order valence-electron chi connectivity index (χ1n) is 14.1. The van der Waals surface area contributed by atoms with E-state index < -0.39 is 11.8 Å². The number of hydrogen-bond acceptors (Lipinski definition) is 6. The highest BCUT2D eigenvalue weighted by Crippen LogP contribution is 2.31. The molecule has 0 aliphatic carbocycles. The lowest BCUT2D eigenvalue weighted by Crippen LogP contribution is -2.30. The van der Waals surface area contributed by atoms with E-state index in [2.05, 4.69) is 16.0 Å². The van der Waals surface area contributed by atoms with Gasteiger partial charge in [0.25, 0.3) is 11.8 Å². The molecular weight excluding hydrogens is 586 g/mol. The molecule has 3 N–H and O–H groups in total. The van der Waals surface area contributed by atoms with Crippen LogP contribution in [0.3, 0.4) is 0 Å². The summed E-state index contributed by atoms with van der Waals surface area (Å²) < 4.78 is 11.5. The molecule has 0 unspecified atom stereocenters. The Morgan fingerprint density at radius 2 is 1.40 bits per heavy atom. The molecule has 0 saturated carbocycles. The van der Waals surface area contributed by atoms with Crippen molar-refractivity contribution in [3.05, 3.63) is 138 Å². The summed E-state index contributed by atoms with van der Waals surface area (Å²) in [5, 5.41) is 8.12. The summed E-state index contributed by atoms with van der Waals surface area (Å²) >= 11 is 1.40. The first-order chi connectivity index (χ1) is 21.9. The Labute approximate surface area is 265 Å². The summed E-state index contributed by atoms with van der Waals surface area (Å²) in [7, 11) is 1.58. The van der Waals surface area contributed by atoms with Gasteiger partial charge in [0.15, 0.2) is 0 Å². The number of amides is 3. The molecule has 4 aromatic carbocycles. The molecule has 226 valence electrons. The van der Waals surface area contributed by atoms with Crippen LogP contribution in [0.15, 0.2) is 136 Å². The van der Waals surface area contributed by atoms with Gasteiger partial charge in [0.2, 0.25) is 5.91 Å². The second kappa shape index (κ2) is 14.8. The fraction of sp³-hybridized carbons (Fsp3) is 0.0833. The highest BCUT2D eigenvalue weighted by molar-refractivity contribution is 8.00. The Morgan fingerprint density at radius 3 is 2.11 bits per heavy atom. The number of anilines is 2. The van der Waals surface area contributed by atoms with Crippen LogP contribution in [0.4, 0.5) is 11.4 Å². The lowest BCUT2D eigenvalue weighted by Gasteiger charge is -2.13. The summed E-state index contributed by atoms with van der Waals surface area (Å²) in [6, 6.07) is 36.0. The SMILES string of the molecule is COc1ccccc1-c1ccc(/C=C(/NC(=O)c2ccccc2)C(=O)Nc2ccc(S[C@H](C)C(=O)Nc3ccccc3)cc2)o1. The van der Waals surface area contributed by atoms with Gasteiger partial charge in [-0.2, -0.15) is 0 Å². The van der Waals surface area contributed by atoms with Crippen molar-refractivity contribution in [3.63, 3.8) is 0 Å². The van der Waals surface area contributed by atoms with Crippen molar-refractivity contribution in [2.75, 3.05) is 17.7 Å². The van der Waals surface area contributed by atoms with Gasteiger partial charge < -0.3 is 25.1 Å². The Balaban J connectivity index is 1.31. The van der Waals surface area contributed by atoms with Crippen molar-refractivity contribution in [1.82, 2.24) is 5.32 Å². The molecule has 8 nitrogen and oxygen atoms in total. The third-order valence-corrected chi connectivity index (χ3v) is 7.76. The minimum atomic E-state index is -0.537. The van der Waals surface area contributed by atoms with Crippen LogP contribution < -0.4 is 20.7 Å². The molecule has 0 aliphatic rings. The van der Waals surface area contributed by atoms with Crippen molar-refractivity contribution < 1.29 is 23.5 Å². The minimum absolute atomic E-state index is 0.00515. The number of ether oxygens (including phenoxy) is 1. The van der Waals surface area contributed by atoms with Crippen molar-refractivity contribution in [2.45, 2.75) is 17.1 Å². The molecule has 5 rings (SSSR count). The number of thioether (sulfide) groups is 1. The first kappa shape index (κ1) is 30.9. The van der Waals surface area contributed by atoms with Gasteiger partial charge in [-0.3, -0.25) is 14.4 Å². The summed E-state index contributed by atoms with van der Waals surface area (Å²) in [5.74, 6) is 0.468. The number of carbonyl (C=O) groups is 3. The van der Waals surface area contributed by atoms with E-state index in [0.29, 0.717) is 28.5 Å². The summed E-state index contributed by atoms with van der Waals surface area (Å²) in [6.45, 7) is 1.83. The Morgan fingerprint density at radius 1 is 0.756 bits per heavy atom. The van der Waals surface area contributed by atoms with Crippen LogP contribution in [-0.2, 0) is 9.59 Å². The van der Waals surface area contributed by atoms with E-state index >= 15 is 0 Å². The Hall–Kier alpha value is -5.54. The number of carbonyl (C=O) groups excluding carboxylic acids is 3. The maximum atomic E-state index is 13.5. The summed E-state index contributed by atoms with van der Waals surface area (Å²) in [4.78, 5) is 40.0. The molecule has 0 spiro atoms. The zero-order valence-electron chi connectivity index (χ0n) is 24.7. The molecule has 1 atom stereocenters. The number of rotatable bonds is 11. The second-order valence-electron chi connectivity index (χ2n) is 9.87. The van der Waals surface area contributed by atoms with Gasteiger partial charge in [0.1, 0.15) is 23.0 Å². The molecule has 3 amide bonds. The van der Waals surface area contributed by atoms with Crippen LogP contribution in [0.1, 0.15) is 23.0 Å². The zero-order valence-corrected chi connectivity index (χ0v) is 25.5. The van der Waals surface area contributed by atoms with Crippen molar-refractivity contribution in [2.24, 2.45) is 0 Å². The fourth-order valence-electron chi connectivity index (χ4n) is 4.35. The van der Waals surface area contributed by atoms with E-state index in [1.54, 1.807) is 61.7 Å². The minimum Gasteiger partial charge on any atom is -0.496 e. The second-order valence-corrected chi connectivity index (χ2v) is 11.3. The van der Waals surface area contributed by atoms with E-state index in [4.69, 9.17) is 9.15 Å². The standard InChI is InChI=1S/C36H31N3O5S/c1-24(34(40)37-26-13-7-4-8-14-26)45-29-20-17-27(18-21-29)38-36(42)31(39-35(41)25-11-5-3-6-12-25)23-28-19-22-33(44-28)30-15-9-10-16-32(30)43-2/h3-24H,1-2H3,(H,37,40)(H,38,42)(H,39,41)/b31-23+/t24-/m1/s1. The highest BCUT2D eigenvalue weighted by atomic mass is 32.2. The van der Waals surface area contributed by atoms with Crippen molar-refractivity contribution in [1.29, 1.82) is 0 Å². The molecule has 0 saturated heterocycles. The molecule has 0 radical (unpaired) electrons. The number of methoxy groups -OCH3 is 1. The van der Waals surface area contributed by atoms with Crippen LogP contribution in [0, 0.1) is 0 Å². The van der Waals surface area contributed by atoms with Crippen molar-refractivity contribution >= 4 is 46.9 Å². The Bertz CT molecular complexity index is 1800. The van der Waals surface area contributed by atoms with Gasteiger partial charge in [0, 0.05) is 27.9 Å². The van der Waals surface area contributed by atoms with Gasteiger partial charge in [-0.15, -0.1) is 11.8 Å². The van der Waals surface area contributed by atoms with Gasteiger partial charge in [-0.25, -0.2) is 0 Å². The predicted octanol–water partition coefficient (Wildman–Crippen LogP) is 7.48. The molecule has 0 aliphatic heterocycles. The highest BCUT2D eigenvalue weighted by Gasteiger charge is 2.18. The number of nitrogens with one attached hydrogen (secondary N) is 3. The number of benzene rings is 4. The smallest absolute Gasteiger partial charge is 0.272 e. The largest absolute Gasteiger partial charge is 0.496 e. The number of hydrogen-bond donors (Lipinski definition) is 3. The van der Waals surface area contributed by atoms with E-state index in [-0.39, 0.29) is 16.9 Å². The van der Waals surface area contributed by atoms with Crippen LogP contribution in [0.25, 0.3) is 17.4 Å². The van der Waals surface area contributed by atoms with E-state index in [9.17, 15) is 14.4 Å². The van der Waals surface area contributed by atoms with Gasteiger partial charge in [0.05, 0.1) is 17.9 Å². The molecule has 45 heavy (non-hydrogen) atoms. The average molecular weight is 618 g/mol. The van der Waals surface area contributed by atoms with Gasteiger partial charge in [-0.05, 0) is 79.7 Å². The maximum Gasteiger partial charge on any atom is 0.272 e. The lowest BCUT2D eigenvalue weighted by molar-refractivity contribution is -0.115. The van der Waals surface area contributed by atoms with Crippen LogP contribution in [-0.4, -0.2) is 30.1 Å². The normalized spacial score (nSPS) is 11.7. The van der Waals surface area contributed by atoms with Gasteiger partial charge >= 0.3 is 0 Å². The molecule has 0 fully saturated rings. The van der Waals surface area contributed by atoms with Crippen LogP contribution in [0.5, 0.6) is 5.75 Å². The molecule has 0 bridgehead atoms. The molecule has 1 aromatic heterocycles. The van der Waals surface area contributed by atoms with E-state index in [1.807, 2.05) is 73.7 Å². The first-order valence-corrected chi connectivity index (χ1v) is 15.0. The topological polar surface area (TPSA) is 110 Å². The van der Waals surface area contributed by atoms with Crippen molar-refractivity contribution in [3.8, 4) is 17.1 Å². The summed E-state index contributed by atoms with van der Waals surface area (Å²) in [6.07, 6.45) is 1.48. The quantitative estimate of drug-likeness (QED) is 0.105. The molecule has 5 aromatic rings. The van der Waals surface area contributed by atoms with E-state index in [1.165, 1.54) is 17.8 Å². The van der Waals surface area contributed by atoms with Gasteiger partial charge in [-0.1, -0.05) is 48.5 Å². The number of furan rings is 1. The molecule has 1 heterocycles. The average Bonchev–Trinajstić information content (AvgIpc) is 3.54. The van der Waals surface area contributed by atoms with E-state index in [0.717, 1.165) is 16.1 Å². The molecular formula is C36H31N3O5S. The summed E-state index contributed by atoms with van der Waals surface area (Å²) in [5.41, 5.74) is 2.40. The van der Waals surface area contributed by atoms with Crippen LogP contribution >= 0.6 is 11.8 Å². The zero-order chi connectivity index (χ0) is 31.6. The maximum absolute atomic E-state index is 13.5. The number of para-hydroxylation sites is 2. The fourth-order valence-corrected chi connectivity index (χ4v) is 5.21. The molecule has 9 heteroatoms. The van der Waals surface area contributed by atoms with Crippen LogP contribution in [0.2, 0.25) is 0 Å². The Kier molecular flexibility index (Phi) is 10.1. The predicted molar refractivity (Wildman–Crippen MR) is 178 cm³/mol. The third-order valence-electron chi connectivity index (χ3n) is 6.65. The lowest BCUT2D eigenvalue weighted by atomic mass is 10.1.